The highest BCUT2D eigenvalue weighted by Gasteiger charge is 2.20. The van der Waals surface area contributed by atoms with Crippen LogP contribution in [0.15, 0.2) is 41.3 Å². The first-order valence-corrected chi connectivity index (χ1v) is 5.42. The Morgan fingerprint density at radius 1 is 1.30 bits per heavy atom. The summed E-state index contributed by atoms with van der Waals surface area (Å²) in [5.74, 6) is -1.69. The van der Waals surface area contributed by atoms with E-state index >= 15 is 0 Å². The number of H-pyrrole nitrogens is 1. The number of carbonyl (C=O) groups is 1. The van der Waals surface area contributed by atoms with Gasteiger partial charge in [0.05, 0.1) is 10.5 Å². The minimum atomic E-state index is -0.919. The molecule has 0 bridgehead atoms. The molecule has 0 spiro atoms. The second-order valence-electron chi connectivity index (χ2n) is 3.79. The van der Waals surface area contributed by atoms with Gasteiger partial charge in [0, 0.05) is 18.3 Å². The molecule has 1 amide bonds. The largest absolute Gasteiger partial charge is 0.328 e. The van der Waals surface area contributed by atoms with Crippen molar-refractivity contribution in [2.24, 2.45) is 0 Å². The Morgan fingerprint density at radius 2 is 2.05 bits per heavy atom. The molecule has 20 heavy (non-hydrogen) atoms. The standard InChI is InChI=1S/C12H8FN3O4/c13-8-2-1-3-9(16(19)20)11(8)15-12(18)7-4-5-10(17)14-6-7/h1-6H,(H,14,17)(H,15,18). The van der Waals surface area contributed by atoms with Gasteiger partial charge < -0.3 is 10.3 Å². The number of nitrogens with one attached hydrogen (secondary N) is 2. The summed E-state index contributed by atoms with van der Waals surface area (Å²) in [5, 5.41) is 12.9. The van der Waals surface area contributed by atoms with E-state index in [1.807, 2.05) is 0 Å². The van der Waals surface area contributed by atoms with Crippen LogP contribution in [0.1, 0.15) is 10.4 Å². The molecule has 0 saturated heterocycles. The van der Waals surface area contributed by atoms with Crippen molar-refractivity contribution in [3.63, 3.8) is 0 Å². The molecule has 1 aromatic carbocycles. The normalized spacial score (nSPS) is 10.1. The maximum absolute atomic E-state index is 13.6. The number of para-hydroxylation sites is 1. The van der Waals surface area contributed by atoms with Crippen molar-refractivity contribution in [3.8, 4) is 0 Å². The fourth-order valence-electron chi connectivity index (χ4n) is 1.53. The third-order valence-corrected chi connectivity index (χ3v) is 2.47. The predicted octanol–water partition coefficient (Wildman–Crippen LogP) is 1.67. The van der Waals surface area contributed by atoms with Gasteiger partial charge in [-0.25, -0.2) is 4.39 Å². The molecular weight excluding hydrogens is 269 g/mol. The van der Waals surface area contributed by atoms with Crippen LogP contribution < -0.4 is 10.9 Å². The Bertz CT molecular complexity index is 721. The summed E-state index contributed by atoms with van der Waals surface area (Å²) in [6.07, 6.45) is 1.13. The Labute approximate surface area is 111 Å². The van der Waals surface area contributed by atoms with Gasteiger partial charge in [0.15, 0.2) is 11.5 Å². The number of hydrogen-bond acceptors (Lipinski definition) is 4. The lowest BCUT2D eigenvalue weighted by Gasteiger charge is -2.06. The Balaban J connectivity index is 2.35. The van der Waals surface area contributed by atoms with Gasteiger partial charge >= 0.3 is 0 Å². The van der Waals surface area contributed by atoms with E-state index in [-0.39, 0.29) is 5.56 Å². The lowest BCUT2D eigenvalue weighted by Crippen LogP contribution is -2.16. The van der Waals surface area contributed by atoms with Crippen molar-refractivity contribution in [1.29, 1.82) is 0 Å². The van der Waals surface area contributed by atoms with E-state index in [1.165, 1.54) is 12.1 Å². The molecule has 0 atom stereocenters. The Morgan fingerprint density at radius 3 is 2.65 bits per heavy atom. The number of nitro groups is 1. The summed E-state index contributed by atoms with van der Waals surface area (Å²) in [4.78, 5) is 34.9. The number of aromatic nitrogens is 1. The summed E-state index contributed by atoms with van der Waals surface area (Å²) in [7, 11) is 0. The van der Waals surface area contributed by atoms with Crippen LogP contribution in [0.4, 0.5) is 15.8 Å². The van der Waals surface area contributed by atoms with Gasteiger partial charge in [0.25, 0.3) is 11.6 Å². The van der Waals surface area contributed by atoms with Gasteiger partial charge in [-0.3, -0.25) is 19.7 Å². The third kappa shape index (κ3) is 2.69. The Hall–Kier alpha value is -3.03. The maximum Gasteiger partial charge on any atom is 0.295 e. The van der Waals surface area contributed by atoms with Crippen LogP contribution in [0.3, 0.4) is 0 Å². The summed E-state index contributed by atoms with van der Waals surface area (Å²) in [5.41, 5.74) is -1.43. The second-order valence-corrected chi connectivity index (χ2v) is 3.79. The summed E-state index contributed by atoms with van der Waals surface area (Å²) >= 11 is 0. The number of aromatic amines is 1. The molecule has 2 N–H and O–H groups in total. The van der Waals surface area contributed by atoms with Crippen molar-refractivity contribution in [3.05, 3.63) is 68.4 Å². The highest BCUT2D eigenvalue weighted by molar-refractivity contribution is 6.05. The van der Waals surface area contributed by atoms with E-state index in [0.717, 1.165) is 24.4 Å². The van der Waals surface area contributed by atoms with E-state index < -0.39 is 33.6 Å². The van der Waals surface area contributed by atoms with E-state index in [0.29, 0.717) is 0 Å². The summed E-state index contributed by atoms with van der Waals surface area (Å²) in [6.45, 7) is 0. The molecule has 2 rings (SSSR count). The number of hydrogen-bond donors (Lipinski definition) is 2. The fourth-order valence-corrected chi connectivity index (χ4v) is 1.53. The van der Waals surface area contributed by atoms with Crippen LogP contribution in [0, 0.1) is 15.9 Å². The van der Waals surface area contributed by atoms with Crippen LogP contribution in [-0.4, -0.2) is 15.8 Å². The molecule has 0 aliphatic heterocycles. The quantitative estimate of drug-likeness (QED) is 0.657. The van der Waals surface area contributed by atoms with Gasteiger partial charge in [0.2, 0.25) is 5.56 Å². The number of nitro benzene ring substituents is 1. The molecule has 0 aliphatic carbocycles. The van der Waals surface area contributed by atoms with E-state index in [9.17, 15) is 24.1 Å². The SMILES string of the molecule is O=C(Nc1c(F)cccc1[N+](=O)[O-])c1ccc(=O)[nH]c1. The molecule has 7 nitrogen and oxygen atoms in total. The molecule has 8 heteroatoms. The van der Waals surface area contributed by atoms with Crippen LogP contribution >= 0.6 is 0 Å². The minimum Gasteiger partial charge on any atom is -0.328 e. The topological polar surface area (TPSA) is 105 Å². The first-order chi connectivity index (χ1) is 9.49. The number of pyridine rings is 1. The molecule has 0 fully saturated rings. The number of nitrogens with zero attached hydrogens (tertiary/aromatic N) is 1. The van der Waals surface area contributed by atoms with E-state index in [2.05, 4.69) is 10.3 Å². The third-order valence-electron chi connectivity index (χ3n) is 2.47. The first kappa shape index (κ1) is 13.4. The van der Waals surface area contributed by atoms with Crippen LogP contribution in [0.5, 0.6) is 0 Å². The smallest absolute Gasteiger partial charge is 0.295 e. The zero-order valence-electron chi connectivity index (χ0n) is 9.92. The molecule has 0 radical (unpaired) electrons. The van der Waals surface area contributed by atoms with Gasteiger partial charge in [0.1, 0.15) is 0 Å². The van der Waals surface area contributed by atoms with Crippen molar-refractivity contribution >= 4 is 17.3 Å². The van der Waals surface area contributed by atoms with Gasteiger partial charge in [-0.1, -0.05) is 6.07 Å². The summed E-state index contributed by atoms with van der Waals surface area (Å²) < 4.78 is 13.6. The van der Waals surface area contributed by atoms with Crippen molar-refractivity contribution < 1.29 is 14.1 Å². The average molecular weight is 277 g/mol. The number of benzene rings is 1. The summed E-state index contributed by atoms with van der Waals surface area (Å²) in [6, 6.07) is 5.58. The predicted molar refractivity (Wildman–Crippen MR) is 68.1 cm³/mol. The number of anilines is 1. The zero-order valence-corrected chi connectivity index (χ0v) is 9.92. The highest BCUT2D eigenvalue weighted by Crippen LogP contribution is 2.27. The molecule has 0 unspecified atom stereocenters. The lowest BCUT2D eigenvalue weighted by atomic mass is 10.2. The molecule has 2 aromatic rings. The van der Waals surface area contributed by atoms with Crippen molar-refractivity contribution in [2.75, 3.05) is 5.32 Å². The molecule has 1 heterocycles. The maximum atomic E-state index is 13.6. The van der Waals surface area contributed by atoms with Crippen LogP contribution in [-0.2, 0) is 0 Å². The number of halogens is 1. The van der Waals surface area contributed by atoms with E-state index in [1.54, 1.807) is 0 Å². The molecule has 0 saturated carbocycles. The number of rotatable bonds is 3. The van der Waals surface area contributed by atoms with Crippen molar-refractivity contribution in [1.82, 2.24) is 4.98 Å². The molecule has 102 valence electrons. The number of carbonyl (C=O) groups excluding carboxylic acids is 1. The van der Waals surface area contributed by atoms with Gasteiger partial charge in [-0.05, 0) is 12.1 Å². The average Bonchev–Trinajstić information content (AvgIpc) is 2.41. The van der Waals surface area contributed by atoms with E-state index in [4.69, 9.17) is 0 Å². The lowest BCUT2D eigenvalue weighted by molar-refractivity contribution is -0.384. The molecule has 1 aromatic heterocycles. The number of amides is 1. The monoisotopic (exact) mass is 277 g/mol. The van der Waals surface area contributed by atoms with Crippen LogP contribution in [0.25, 0.3) is 0 Å². The van der Waals surface area contributed by atoms with Gasteiger partial charge in [-0.15, -0.1) is 0 Å². The minimum absolute atomic E-state index is 0.0437. The first-order valence-electron chi connectivity index (χ1n) is 5.42. The Kier molecular flexibility index (Phi) is 3.56. The van der Waals surface area contributed by atoms with Crippen LogP contribution in [0.2, 0.25) is 0 Å². The highest BCUT2D eigenvalue weighted by atomic mass is 19.1. The second kappa shape index (κ2) is 5.31. The fraction of sp³-hybridized carbons (Fsp3) is 0. The van der Waals surface area contributed by atoms with Crippen molar-refractivity contribution in [2.45, 2.75) is 0 Å². The zero-order chi connectivity index (χ0) is 14.7. The van der Waals surface area contributed by atoms with Gasteiger partial charge in [-0.2, -0.15) is 0 Å². The molecular formula is C12H8FN3O4. The molecule has 0 aliphatic rings.